The van der Waals surface area contributed by atoms with E-state index in [1.54, 1.807) is 0 Å². The van der Waals surface area contributed by atoms with Gasteiger partial charge >= 0.3 is 0 Å². The molecule has 0 aliphatic heterocycles. The fourth-order valence-electron chi connectivity index (χ4n) is 2.17. The van der Waals surface area contributed by atoms with Crippen LogP contribution in [-0.2, 0) is 11.2 Å². The standard InChI is InChI=1S/C16H24O/c1-5-14(6-2)10-16(17)11-15-9-12(3)7-8-13(15)4/h7-9,14H,5-6,10-11H2,1-4H3. The van der Waals surface area contributed by atoms with Crippen molar-refractivity contribution in [3.63, 3.8) is 0 Å². The van der Waals surface area contributed by atoms with Gasteiger partial charge in [0.15, 0.2) is 0 Å². The summed E-state index contributed by atoms with van der Waals surface area (Å²) in [6.07, 6.45) is 3.55. The van der Waals surface area contributed by atoms with Gasteiger partial charge in [-0.1, -0.05) is 50.5 Å². The summed E-state index contributed by atoms with van der Waals surface area (Å²) in [4.78, 5) is 12.0. The van der Waals surface area contributed by atoms with Crippen molar-refractivity contribution in [2.75, 3.05) is 0 Å². The lowest BCUT2D eigenvalue weighted by atomic mass is 9.93. The minimum absolute atomic E-state index is 0.382. The highest BCUT2D eigenvalue weighted by Crippen LogP contribution is 2.17. The van der Waals surface area contributed by atoms with Crippen LogP contribution in [0.5, 0.6) is 0 Å². The highest BCUT2D eigenvalue weighted by atomic mass is 16.1. The van der Waals surface area contributed by atoms with E-state index in [9.17, 15) is 4.79 Å². The van der Waals surface area contributed by atoms with Crippen LogP contribution in [0, 0.1) is 19.8 Å². The highest BCUT2D eigenvalue weighted by molar-refractivity contribution is 5.81. The average molecular weight is 232 g/mol. The Hall–Kier alpha value is -1.11. The van der Waals surface area contributed by atoms with Gasteiger partial charge in [-0.2, -0.15) is 0 Å². The molecule has 0 aromatic heterocycles. The molecule has 0 bridgehead atoms. The van der Waals surface area contributed by atoms with Crippen molar-refractivity contribution >= 4 is 5.78 Å². The summed E-state index contributed by atoms with van der Waals surface area (Å²) in [6.45, 7) is 8.49. The first kappa shape index (κ1) is 14.0. The molecule has 1 heteroatoms. The number of Topliss-reactive ketones (excluding diaryl/α,β-unsaturated/α-hetero) is 1. The third-order valence-electron chi connectivity index (χ3n) is 3.56. The van der Waals surface area contributed by atoms with E-state index >= 15 is 0 Å². The molecular weight excluding hydrogens is 208 g/mol. The zero-order valence-corrected chi connectivity index (χ0v) is 11.5. The van der Waals surface area contributed by atoms with E-state index in [2.05, 4.69) is 45.9 Å². The quantitative estimate of drug-likeness (QED) is 0.717. The Bertz CT molecular complexity index is 375. The van der Waals surface area contributed by atoms with Crippen LogP contribution in [0.2, 0.25) is 0 Å². The van der Waals surface area contributed by atoms with Gasteiger partial charge in [0, 0.05) is 12.8 Å². The molecule has 1 aromatic rings. The molecule has 94 valence electrons. The van der Waals surface area contributed by atoms with Gasteiger partial charge in [0.05, 0.1) is 0 Å². The molecule has 0 saturated heterocycles. The molecule has 0 radical (unpaired) electrons. The smallest absolute Gasteiger partial charge is 0.137 e. The third kappa shape index (κ3) is 4.33. The van der Waals surface area contributed by atoms with Crippen LogP contribution >= 0.6 is 0 Å². The maximum atomic E-state index is 12.0. The molecule has 17 heavy (non-hydrogen) atoms. The Morgan fingerprint density at radius 3 is 2.41 bits per heavy atom. The second-order valence-corrected chi connectivity index (χ2v) is 5.03. The molecule has 1 aromatic carbocycles. The average Bonchev–Trinajstić information content (AvgIpc) is 2.31. The van der Waals surface area contributed by atoms with E-state index in [4.69, 9.17) is 0 Å². The molecule has 1 rings (SSSR count). The maximum Gasteiger partial charge on any atom is 0.137 e. The van der Waals surface area contributed by atoms with Crippen molar-refractivity contribution in [1.29, 1.82) is 0 Å². The largest absolute Gasteiger partial charge is 0.299 e. The van der Waals surface area contributed by atoms with Crippen LogP contribution in [-0.4, -0.2) is 5.78 Å². The second kappa shape index (κ2) is 6.58. The molecule has 0 unspecified atom stereocenters. The molecular formula is C16H24O. The first-order valence-electron chi connectivity index (χ1n) is 6.64. The summed E-state index contributed by atoms with van der Waals surface area (Å²) in [6, 6.07) is 6.35. The van der Waals surface area contributed by atoms with Crippen LogP contribution in [0.3, 0.4) is 0 Å². The van der Waals surface area contributed by atoms with Crippen LogP contribution in [0.1, 0.15) is 49.8 Å². The van der Waals surface area contributed by atoms with Crippen molar-refractivity contribution in [3.05, 3.63) is 34.9 Å². The first-order valence-corrected chi connectivity index (χ1v) is 6.64. The fourth-order valence-corrected chi connectivity index (χ4v) is 2.17. The number of rotatable bonds is 6. The van der Waals surface area contributed by atoms with Gasteiger partial charge in [-0.3, -0.25) is 4.79 Å². The van der Waals surface area contributed by atoms with E-state index < -0.39 is 0 Å². The van der Waals surface area contributed by atoms with Crippen molar-refractivity contribution in [1.82, 2.24) is 0 Å². The van der Waals surface area contributed by atoms with Crippen molar-refractivity contribution in [2.45, 2.75) is 53.4 Å². The number of carbonyl (C=O) groups is 1. The van der Waals surface area contributed by atoms with Crippen LogP contribution < -0.4 is 0 Å². The van der Waals surface area contributed by atoms with E-state index in [0.717, 1.165) is 19.3 Å². The molecule has 0 fully saturated rings. The van der Waals surface area contributed by atoms with Crippen molar-refractivity contribution < 1.29 is 4.79 Å². The predicted molar refractivity (Wildman–Crippen MR) is 73.3 cm³/mol. The fraction of sp³-hybridized carbons (Fsp3) is 0.562. The van der Waals surface area contributed by atoms with Gasteiger partial charge in [0.2, 0.25) is 0 Å². The van der Waals surface area contributed by atoms with Crippen molar-refractivity contribution in [3.8, 4) is 0 Å². The number of aryl methyl sites for hydroxylation is 2. The number of ketones is 1. The summed E-state index contributed by atoms with van der Waals surface area (Å²) in [5.74, 6) is 0.944. The van der Waals surface area contributed by atoms with E-state index in [-0.39, 0.29) is 0 Å². The molecule has 0 spiro atoms. The SMILES string of the molecule is CCC(CC)CC(=O)Cc1cc(C)ccc1C. The van der Waals surface area contributed by atoms with Gasteiger partial charge in [-0.25, -0.2) is 0 Å². The Morgan fingerprint density at radius 1 is 1.18 bits per heavy atom. The number of carbonyl (C=O) groups excluding carboxylic acids is 1. The van der Waals surface area contributed by atoms with Gasteiger partial charge in [0.25, 0.3) is 0 Å². The normalized spacial score (nSPS) is 10.9. The van der Waals surface area contributed by atoms with Crippen LogP contribution in [0.4, 0.5) is 0 Å². The second-order valence-electron chi connectivity index (χ2n) is 5.03. The Morgan fingerprint density at radius 2 is 1.82 bits per heavy atom. The molecule has 0 saturated carbocycles. The zero-order chi connectivity index (χ0) is 12.8. The first-order chi connectivity index (χ1) is 8.06. The third-order valence-corrected chi connectivity index (χ3v) is 3.56. The van der Waals surface area contributed by atoms with E-state index in [1.165, 1.54) is 16.7 Å². The Kier molecular flexibility index (Phi) is 5.40. The molecule has 0 N–H and O–H groups in total. The van der Waals surface area contributed by atoms with Gasteiger partial charge in [0.1, 0.15) is 5.78 Å². The predicted octanol–water partition coefficient (Wildman–Crippen LogP) is 4.24. The van der Waals surface area contributed by atoms with Gasteiger partial charge < -0.3 is 0 Å². The number of hydrogen-bond donors (Lipinski definition) is 0. The number of hydrogen-bond acceptors (Lipinski definition) is 1. The summed E-state index contributed by atoms with van der Waals surface area (Å²) in [7, 11) is 0. The topological polar surface area (TPSA) is 17.1 Å². The minimum Gasteiger partial charge on any atom is -0.299 e. The molecule has 0 amide bonds. The lowest BCUT2D eigenvalue weighted by Gasteiger charge is -2.12. The summed E-state index contributed by atoms with van der Waals surface area (Å²) >= 11 is 0. The lowest BCUT2D eigenvalue weighted by molar-refractivity contribution is -0.119. The van der Waals surface area contributed by atoms with E-state index in [1.807, 2.05) is 0 Å². The highest BCUT2D eigenvalue weighted by Gasteiger charge is 2.12. The summed E-state index contributed by atoms with van der Waals surface area (Å²) in [5.41, 5.74) is 3.66. The maximum absolute atomic E-state index is 12.0. The molecule has 0 aliphatic rings. The van der Waals surface area contributed by atoms with Crippen molar-refractivity contribution in [2.24, 2.45) is 5.92 Å². The zero-order valence-electron chi connectivity index (χ0n) is 11.5. The van der Waals surface area contributed by atoms with Gasteiger partial charge in [-0.15, -0.1) is 0 Å². The lowest BCUT2D eigenvalue weighted by Crippen LogP contribution is -2.10. The molecule has 0 heterocycles. The molecule has 1 nitrogen and oxygen atoms in total. The Balaban J connectivity index is 2.64. The monoisotopic (exact) mass is 232 g/mol. The Labute approximate surface area is 105 Å². The molecule has 0 atom stereocenters. The summed E-state index contributed by atoms with van der Waals surface area (Å²) in [5, 5.41) is 0. The van der Waals surface area contributed by atoms with Crippen LogP contribution in [0.15, 0.2) is 18.2 Å². The molecule has 0 aliphatic carbocycles. The van der Waals surface area contributed by atoms with Crippen LogP contribution in [0.25, 0.3) is 0 Å². The minimum atomic E-state index is 0.382. The van der Waals surface area contributed by atoms with Gasteiger partial charge in [-0.05, 0) is 30.9 Å². The van der Waals surface area contributed by atoms with E-state index in [0.29, 0.717) is 18.1 Å². The number of benzene rings is 1. The summed E-state index contributed by atoms with van der Waals surface area (Å²) < 4.78 is 0.